The van der Waals surface area contributed by atoms with Crippen LogP contribution < -0.4 is 4.57 Å². The molecule has 3 aromatic rings. The van der Waals surface area contributed by atoms with Gasteiger partial charge in [-0.25, -0.2) is 4.79 Å². The van der Waals surface area contributed by atoms with Crippen LogP contribution in [0.3, 0.4) is 0 Å². The van der Waals surface area contributed by atoms with Crippen molar-refractivity contribution in [3.63, 3.8) is 0 Å². The summed E-state index contributed by atoms with van der Waals surface area (Å²) < 4.78 is 2.03. The molecule has 108 valence electrons. The van der Waals surface area contributed by atoms with E-state index < -0.39 is 5.97 Å². The van der Waals surface area contributed by atoms with Gasteiger partial charge >= 0.3 is 5.97 Å². The molecule has 3 heteroatoms. The van der Waals surface area contributed by atoms with Crippen molar-refractivity contribution >= 4 is 33.9 Å². The van der Waals surface area contributed by atoms with Gasteiger partial charge in [0.25, 0.3) is 0 Å². The summed E-state index contributed by atoms with van der Waals surface area (Å²) in [5, 5.41) is 11.3. The van der Waals surface area contributed by atoms with Crippen LogP contribution in [0.5, 0.6) is 0 Å². The van der Waals surface area contributed by atoms with Crippen molar-refractivity contribution in [3.05, 3.63) is 72.3 Å². The van der Waals surface area contributed by atoms with Crippen molar-refractivity contribution in [1.82, 2.24) is 0 Å². The molecule has 0 radical (unpaired) electrons. The summed E-state index contributed by atoms with van der Waals surface area (Å²) in [7, 11) is 1.96. The van der Waals surface area contributed by atoms with E-state index in [1.54, 1.807) is 6.08 Å². The van der Waals surface area contributed by atoms with Gasteiger partial charge in [0.1, 0.15) is 7.05 Å². The number of fused-ring (bicyclic) bond motifs is 2. The number of nitrogens with zero attached hydrogens (tertiary/aromatic N) is 1. The Balaban J connectivity index is 2.60. The number of allylic oxidation sites excluding steroid dienone is 2. The average Bonchev–Trinajstić information content (AvgIpc) is 2.53. The second-order valence-corrected chi connectivity index (χ2v) is 5.09. The highest BCUT2D eigenvalue weighted by molar-refractivity contribution is 6.14. The van der Waals surface area contributed by atoms with Gasteiger partial charge in [-0.1, -0.05) is 49.1 Å². The standard InChI is InChI=1S/C19H15NO2/c1-3-4-8-13-9-7-12-16-17(13)18(19(21)22)14-10-5-6-11-15(14)20(16)2/h3-12H,1H2,2H3/p+1. The lowest BCUT2D eigenvalue weighted by molar-refractivity contribution is -0.617. The van der Waals surface area contributed by atoms with Crippen LogP contribution >= 0.6 is 0 Å². The van der Waals surface area contributed by atoms with Crippen LogP contribution in [0.4, 0.5) is 0 Å². The molecule has 0 fully saturated rings. The van der Waals surface area contributed by atoms with Gasteiger partial charge in [0.05, 0.1) is 16.3 Å². The molecule has 0 saturated carbocycles. The third kappa shape index (κ3) is 2.07. The topological polar surface area (TPSA) is 41.2 Å². The van der Waals surface area contributed by atoms with Crippen molar-refractivity contribution in [2.45, 2.75) is 0 Å². The normalized spacial score (nSPS) is 11.3. The highest BCUT2D eigenvalue weighted by Crippen LogP contribution is 2.28. The zero-order valence-electron chi connectivity index (χ0n) is 12.3. The minimum atomic E-state index is -0.916. The lowest BCUT2D eigenvalue weighted by atomic mass is 9.97. The zero-order chi connectivity index (χ0) is 15.7. The van der Waals surface area contributed by atoms with E-state index in [2.05, 4.69) is 6.58 Å². The summed E-state index contributed by atoms with van der Waals surface area (Å²) >= 11 is 0. The maximum atomic E-state index is 11.9. The molecule has 1 aromatic heterocycles. The van der Waals surface area contributed by atoms with Crippen LogP contribution in [-0.4, -0.2) is 11.1 Å². The van der Waals surface area contributed by atoms with Gasteiger partial charge in [0.15, 0.2) is 0 Å². The monoisotopic (exact) mass is 290 g/mol. The molecular formula is C19H16NO2+. The Morgan fingerprint density at radius 3 is 2.59 bits per heavy atom. The highest BCUT2D eigenvalue weighted by atomic mass is 16.4. The second-order valence-electron chi connectivity index (χ2n) is 5.09. The van der Waals surface area contributed by atoms with Crippen LogP contribution in [0.2, 0.25) is 0 Å². The summed E-state index contributed by atoms with van der Waals surface area (Å²) in [6.45, 7) is 3.67. The SMILES string of the molecule is C=CC=Cc1cccc2c1c(C(=O)O)c1ccccc1[n+]2C. The molecule has 2 aromatic carbocycles. The number of hydrogen-bond acceptors (Lipinski definition) is 1. The molecule has 0 aliphatic rings. The molecule has 0 saturated heterocycles. The predicted octanol–water partition coefficient (Wildman–Crippen LogP) is 3.71. The first kappa shape index (κ1) is 14.0. The van der Waals surface area contributed by atoms with Crippen molar-refractivity contribution < 1.29 is 14.5 Å². The molecule has 1 heterocycles. The number of carbonyl (C=O) groups is 1. The van der Waals surface area contributed by atoms with Crippen LogP contribution in [0.15, 0.2) is 61.2 Å². The van der Waals surface area contributed by atoms with Crippen molar-refractivity contribution in [3.8, 4) is 0 Å². The molecule has 3 nitrogen and oxygen atoms in total. The first-order valence-corrected chi connectivity index (χ1v) is 7.01. The van der Waals surface area contributed by atoms with E-state index in [9.17, 15) is 9.90 Å². The molecule has 22 heavy (non-hydrogen) atoms. The van der Waals surface area contributed by atoms with Crippen LogP contribution in [0, 0.1) is 0 Å². The Kier molecular flexibility index (Phi) is 3.47. The fourth-order valence-corrected chi connectivity index (χ4v) is 2.88. The molecule has 0 aliphatic carbocycles. The number of pyridine rings is 1. The van der Waals surface area contributed by atoms with Gasteiger partial charge < -0.3 is 5.11 Å². The number of carboxylic acids is 1. The summed E-state index contributed by atoms with van der Waals surface area (Å²) in [4.78, 5) is 11.9. The van der Waals surface area contributed by atoms with Crippen LogP contribution in [0.25, 0.3) is 27.9 Å². The van der Waals surface area contributed by atoms with Crippen molar-refractivity contribution in [2.75, 3.05) is 0 Å². The Bertz CT molecular complexity index is 939. The number of hydrogen-bond donors (Lipinski definition) is 1. The predicted molar refractivity (Wildman–Crippen MR) is 88.8 cm³/mol. The average molecular weight is 290 g/mol. The molecule has 0 bridgehead atoms. The van der Waals surface area contributed by atoms with Crippen LogP contribution in [-0.2, 0) is 7.05 Å². The van der Waals surface area contributed by atoms with Gasteiger partial charge in [-0.15, -0.1) is 0 Å². The lowest BCUT2D eigenvalue weighted by Crippen LogP contribution is -2.31. The second kappa shape index (κ2) is 5.45. The molecule has 3 rings (SSSR count). The summed E-state index contributed by atoms with van der Waals surface area (Å²) in [5.74, 6) is -0.916. The Morgan fingerprint density at radius 1 is 1.14 bits per heavy atom. The molecular weight excluding hydrogens is 274 g/mol. The number of benzene rings is 2. The third-order valence-electron chi connectivity index (χ3n) is 3.85. The highest BCUT2D eigenvalue weighted by Gasteiger charge is 2.23. The van der Waals surface area contributed by atoms with E-state index in [-0.39, 0.29) is 0 Å². The van der Waals surface area contributed by atoms with E-state index >= 15 is 0 Å². The van der Waals surface area contributed by atoms with E-state index in [0.717, 1.165) is 27.4 Å². The molecule has 0 aliphatic heterocycles. The smallest absolute Gasteiger partial charge is 0.337 e. The quantitative estimate of drug-likeness (QED) is 0.454. The van der Waals surface area contributed by atoms with Gasteiger partial charge in [0.2, 0.25) is 11.0 Å². The zero-order valence-corrected chi connectivity index (χ0v) is 12.3. The maximum absolute atomic E-state index is 11.9. The van der Waals surface area contributed by atoms with Crippen LogP contribution in [0.1, 0.15) is 15.9 Å². The van der Waals surface area contributed by atoms with E-state index in [1.807, 2.05) is 66.2 Å². The minimum absolute atomic E-state index is 0.341. The van der Waals surface area contributed by atoms with E-state index in [0.29, 0.717) is 5.56 Å². The number of aromatic carboxylic acids is 1. The Labute approximate surface area is 128 Å². The first-order chi connectivity index (χ1) is 10.6. The minimum Gasteiger partial charge on any atom is -0.478 e. The Hall–Kier alpha value is -2.94. The molecule has 1 N–H and O–H groups in total. The summed E-state index contributed by atoms with van der Waals surface area (Å²) in [5.41, 5.74) is 3.00. The van der Waals surface area contributed by atoms with Gasteiger partial charge in [-0.3, -0.25) is 0 Å². The third-order valence-corrected chi connectivity index (χ3v) is 3.85. The largest absolute Gasteiger partial charge is 0.478 e. The fraction of sp³-hybridized carbons (Fsp3) is 0.0526. The summed E-state index contributed by atoms with van der Waals surface area (Å²) in [6.07, 6.45) is 5.38. The number of aromatic nitrogens is 1. The molecule has 0 spiro atoms. The van der Waals surface area contributed by atoms with Crippen molar-refractivity contribution in [1.29, 1.82) is 0 Å². The fourth-order valence-electron chi connectivity index (χ4n) is 2.88. The van der Waals surface area contributed by atoms with Gasteiger partial charge in [-0.2, -0.15) is 4.57 Å². The van der Waals surface area contributed by atoms with Crippen molar-refractivity contribution in [2.24, 2.45) is 7.05 Å². The first-order valence-electron chi connectivity index (χ1n) is 7.01. The summed E-state index contributed by atoms with van der Waals surface area (Å²) in [6, 6.07) is 13.4. The number of aryl methyl sites for hydroxylation is 1. The maximum Gasteiger partial charge on any atom is 0.337 e. The van der Waals surface area contributed by atoms with Gasteiger partial charge in [-0.05, 0) is 11.6 Å². The van der Waals surface area contributed by atoms with E-state index in [1.165, 1.54) is 0 Å². The Morgan fingerprint density at radius 2 is 1.86 bits per heavy atom. The molecule has 0 amide bonds. The number of para-hydroxylation sites is 1. The number of carboxylic acid groups (broad SMARTS) is 1. The van der Waals surface area contributed by atoms with Gasteiger partial charge in [0, 0.05) is 12.1 Å². The molecule has 0 unspecified atom stereocenters. The molecule has 0 atom stereocenters. The number of rotatable bonds is 3. The lowest BCUT2D eigenvalue weighted by Gasteiger charge is -2.09. The van der Waals surface area contributed by atoms with E-state index in [4.69, 9.17) is 0 Å².